The molecule has 0 spiro atoms. The summed E-state index contributed by atoms with van der Waals surface area (Å²) in [6, 6.07) is 25.9. The maximum atomic E-state index is 13.0. The zero-order valence-corrected chi connectivity index (χ0v) is 23.3. The van der Waals surface area contributed by atoms with E-state index in [1.54, 1.807) is 6.92 Å². The summed E-state index contributed by atoms with van der Waals surface area (Å²) in [5, 5.41) is 15.4. The second kappa shape index (κ2) is 12.6. The Morgan fingerprint density at radius 2 is 1.51 bits per heavy atom. The summed E-state index contributed by atoms with van der Waals surface area (Å²) < 4.78 is 5.61. The number of rotatable bonds is 10. The lowest BCUT2D eigenvalue weighted by Crippen LogP contribution is -2.56. The van der Waals surface area contributed by atoms with E-state index in [1.165, 1.54) is 5.56 Å². The van der Waals surface area contributed by atoms with Crippen LogP contribution in [0.1, 0.15) is 55.2 Å². The SMILES string of the molecule is C[C@H](CC(=O)NC1(CC(=O)O)CCN(Cc2ccccc2)CC1)NC(=O)OCC1c2ccccc2-c2ccccc21. The first-order valence-electron chi connectivity index (χ1n) is 14.2. The summed E-state index contributed by atoms with van der Waals surface area (Å²) in [6.45, 7) is 4.11. The number of nitrogens with one attached hydrogen (secondary N) is 2. The number of piperidine rings is 1. The predicted molar refractivity (Wildman–Crippen MR) is 156 cm³/mol. The second-order valence-electron chi connectivity index (χ2n) is 11.2. The molecule has 0 radical (unpaired) electrons. The van der Waals surface area contributed by atoms with E-state index >= 15 is 0 Å². The van der Waals surface area contributed by atoms with E-state index in [2.05, 4.69) is 51.9 Å². The molecule has 2 amide bonds. The number of hydrogen-bond acceptors (Lipinski definition) is 5. The summed E-state index contributed by atoms with van der Waals surface area (Å²) in [7, 11) is 0. The molecule has 2 aliphatic rings. The number of carbonyl (C=O) groups is 3. The van der Waals surface area contributed by atoms with Crippen molar-refractivity contribution in [1.82, 2.24) is 15.5 Å². The van der Waals surface area contributed by atoms with Crippen LogP contribution in [0.2, 0.25) is 0 Å². The molecule has 214 valence electrons. The van der Waals surface area contributed by atoms with Crippen molar-refractivity contribution in [3.63, 3.8) is 0 Å². The second-order valence-corrected chi connectivity index (χ2v) is 11.2. The molecule has 1 heterocycles. The maximum Gasteiger partial charge on any atom is 0.407 e. The van der Waals surface area contributed by atoms with E-state index in [0.29, 0.717) is 25.9 Å². The lowest BCUT2D eigenvalue weighted by molar-refractivity contribution is -0.140. The van der Waals surface area contributed by atoms with Gasteiger partial charge in [-0.15, -0.1) is 0 Å². The Morgan fingerprint density at radius 1 is 0.927 bits per heavy atom. The molecule has 1 atom stereocenters. The number of amides is 2. The van der Waals surface area contributed by atoms with Crippen LogP contribution < -0.4 is 10.6 Å². The van der Waals surface area contributed by atoms with Gasteiger partial charge in [-0.1, -0.05) is 78.9 Å². The molecule has 0 aromatic heterocycles. The third kappa shape index (κ3) is 6.95. The van der Waals surface area contributed by atoms with Crippen LogP contribution in [-0.4, -0.2) is 59.3 Å². The largest absolute Gasteiger partial charge is 0.481 e. The molecule has 0 unspecified atom stereocenters. The third-order valence-electron chi connectivity index (χ3n) is 8.16. The topological polar surface area (TPSA) is 108 Å². The number of carboxylic acids is 1. The van der Waals surface area contributed by atoms with Gasteiger partial charge in [-0.3, -0.25) is 14.5 Å². The molecule has 1 saturated heterocycles. The molecule has 8 nitrogen and oxygen atoms in total. The van der Waals surface area contributed by atoms with Crippen molar-refractivity contribution in [3.05, 3.63) is 95.6 Å². The summed E-state index contributed by atoms with van der Waals surface area (Å²) >= 11 is 0. The summed E-state index contributed by atoms with van der Waals surface area (Å²) in [6.07, 6.45) is 0.408. The van der Waals surface area contributed by atoms with Gasteiger partial charge in [0.25, 0.3) is 0 Å². The Labute approximate surface area is 240 Å². The average Bonchev–Trinajstić information content (AvgIpc) is 3.27. The van der Waals surface area contributed by atoms with E-state index in [0.717, 1.165) is 28.8 Å². The average molecular weight is 556 g/mol. The molecular weight excluding hydrogens is 518 g/mol. The first kappa shape index (κ1) is 28.4. The number of benzene rings is 3. The molecule has 1 fully saturated rings. The van der Waals surface area contributed by atoms with Crippen molar-refractivity contribution in [1.29, 1.82) is 0 Å². The smallest absolute Gasteiger partial charge is 0.407 e. The van der Waals surface area contributed by atoms with Gasteiger partial charge in [-0.25, -0.2) is 4.79 Å². The number of aliphatic carboxylic acids is 1. The highest BCUT2D eigenvalue weighted by molar-refractivity contribution is 5.80. The summed E-state index contributed by atoms with van der Waals surface area (Å²) in [5.41, 5.74) is 4.97. The van der Waals surface area contributed by atoms with Gasteiger partial charge in [0.15, 0.2) is 0 Å². The van der Waals surface area contributed by atoms with Gasteiger partial charge in [0, 0.05) is 38.0 Å². The molecule has 0 saturated carbocycles. The van der Waals surface area contributed by atoms with Crippen LogP contribution >= 0.6 is 0 Å². The van der Waals surface area contributed by atoms with Gasteiger partial charge in [-0.05, 0) is 47.6 Å². The van der Waals surface area contributed by atoms with Crippen LogP contribution in [-0.2, 0) is 20.9 Å². The van der Waals surface area contributed by atoms with E-state index in [4.69, 9.17) is 4.74 Å². The highest BCUT2D eigenvalue weighted by Gasteiger charge is 2.38. The van der Waals surface area contributed by atoms with Crippen LogP contribution in [0.3, 0.4) is 0 Å². The molecule has 3 N–H and O–H groups in total. The first-order chi connectivity index (χ1) is 19.8. The minimum Gasteiger partial charge on any atom is -0.481 e. The normalized spacial score (nSPS) is 16.7. The highest BCUT2D eigenvalue weighted by atomic mass is 16.5. The lowest BCUT2D eigenvalue weighted by Gasteiger charge is -2.42. The van der Waals surface area contributed by atoms with Gasteiger partial charge in [0.05, 0.1) is 12.0 Å². The van der Waals surface area contributed by atoms with Crippen LogP contribution in [0.15, 0.2) is 78.9 Å². The Morgan fingerprint density at radius 3 is 2.12 bits per heavy atom. The van der Waals surface area contributed by atoms with Crippen molar-refractivity contribution in [2.75, 3.05) is 19.7 Å². The molecular formula is C33H37N3O5. The zero-order chi connectivity index (χ0) is 28.8. The molecule has 1 aliphatic heterocycles. The molecule has 1 aliphatic carbocycles. The summed E-state index contributed by atoms with van der Waals surface area (Å²) in [5.74, 6) is -1.27. The Balaban J connectivity index is 1.11. The van der Waals surface area contributed by atoms with Gasteiger partial charge in [0.1, 0.15) is 6.61 Å². The number of carboxylic acid groups (broad SMARTS) is 1. The number of nitrogens with zero attached hydrogens (tertiary/aromatic N) is 1. The van der Waals surface area contributed by atoms with Crippen LogP contribution in [0, 0.1) is 0 Å². The molecule has 5 rings (SSSR count). The van der Waals surface area contributed by atoms with Gasteiger partial charge in [-0.2, -0.15) is 0 Å². The zero-order valence-electron chi connectivity index (χ0n) is 23.3. The molecule has 0 bridgehead atoms. The highest BCUT2D eigenvalue weighted by Crippen LogP contribution is 2.44. The number of ether oxygens (including phenoxy) is 1. The van der Waals surface area contributed by atoms with E-state index in [-0.39, 0.29) is 31.3 Å². The maximum absolute atomic E-state index is 13.0. The van der Waals surface area contributed by atoms with Crippen molar-refractivity contribution in [3.8, 4) is 11.1 Å². The fraction of sp³-hybridized carbons (Fsp3) is 0.364. The van der Waals surface area contributed by atoms with Gasteiger partial charge < -0.3 is 20.5 Å². The lowest BCUT2D eigenvalue weighted by atomic mass is 9.83. The Bertz CT molecular complexity index is 1340. The summed E-state index contributed by atoms with van der Waals surface area (Å²) in [4.78, 5) is 39.6. The minimum atomic E-state index is -0.938. The molecule has 8 heteroatoms. The Hall–Kier alpha value is -4.17. The molecule has 3 aromatic carbocycles. The Kier molecular flexibility index (Phi) is 8.69. The molecule has 41 heavy (non-hydrogen) atoms. The van der Waals surface area contributed by atoms with Gasteiger partial charge >= 0.3 is 12.1 Å². The molecule has 3 aromatic rings. The van der Waals surface area contributed by atoms with Crippen LogP contribution in [0.4, 0.5) is 4.79 Å². The number of carbonyl (C=O) groups excluding carboxylic acids is 2. The van der Waals surface area contributed by atoms with E-state index in [9.17, 15) is 19.5 Å². The minimum absolute atomic E-state index is 0.0271. The third-order valence-corrected chi connectivity index (χ3v) is 8.16. The van der Waals surface area contributed by atoms with Crippen molar-refractivity contribution in [2.45, 2.75) is 56.7 Å². The van der Waals surface area contributed by atoms with Crippen molar-refractivity contribution in [2.24, 2.45) is 0 Å². The fourth-order valence-corrected chi connectivity index (χ4v) is 6.13. The van der Waals surface area contributed by atoms with Gasteiger partial charge in [0.2, 0.25) is 5.91 Å². The van der Waals surface area contributed by atoms with E-state index in [1.807, 2.05) is 42.5 Å². The van der Waals surface area contributed by atoms with Crippen LogP contribution in [0.25, 0.3) is 11.1 Å². The standard InChI is InChI=1S/C33H37N3O5/c1-23(34-32(40)41-22-29-27-13-7-5-11-25(27)26-12-6-8-14-28(26)29)19-30(37)35-33(20-31(38)39)15-17-36(18-16-33)21-24-9-3-2-4-10-24/h2-14,23,29H,15-22H2,1H3,(H,34,40)(H,35,37)(H,38,39)/t23-/m1/s1. The number of fused-ring (bicyclic) bond motifs is 3. The first-order valence-corrected chi connectivity index (χ1v) is 14.2. The van der Waals surface area contributed by atoms with Crippen LogP contribution in [0.5, 0.6) is 0 Å². The van der Waals surface area contributed by atoms with Crippen molar-refractivity contribution < 1.29 is 24.2 Å². The monoisotopic (exact) mass is 555 g/mol. The van der Waals surface area contributed by atoms with Crippen molar-refractivity contribution >= 4 is 18.0 Å². The quantitative estimate of drug-likeness (QED) is 0.328. The van der Waals surface area contributed by atoms with E-state index < -0.39 is 23.6 Å². The number of likely N-dealkylation sites (tertiary alicyclic amines) is 1. The number of alkyl carbamates (subject to hydrolysis) is 1. The fourth-order valence-electron chi connectivity index (χ4n) is 6.13. The predicted octanol–water partition coefficient (Wildman–Crippen LogP) is 4.93. The number of hydrogen-bond donors (Lipinski definition) is 3.